The molecule has 0 aliphatic carbocycles. The van der Waals surface area contributed by atoms with Crippen LogP contribution in [-0.4, -0.2) is 11.1 Å². The summed E-state index contributed by atoms with van der Waals surface area (Å²) in [6.45, 7) is 12.6. The van der Waals surface area contributed by atoms with Gasteiger partial charge in [-0.3, -0.25) is 4.79 Å². The third-order valence-electron chi connectivity index (χ3n) is 7.04. The van der Waals surface area contributed by atoms with Crippen molar-refractivity contribution in [1.82, 2.24) is 0 Å². The van der Waals surface area contributed by atoms with Gasteiger partial charge < -0.3 is 5.11 Å². The molecular weight excluding hydrogens is 320 g/mol. The molecule has 2 heteroatoms. The van der Waals surface area contributed by atoms with E-state index in [9.17, 15) is 9.90 Å². The molecule has 0 fully saturated rings. The highest BCUT2D eigenvalue weighted by atomic mass is 16.4. The Balaban J connectivity index is 3.80. The number of hydrogen-bond donors (Lipinski definition) is 1. The van der Waals surface area contributed by atoms with Gasteiger partial charge in [0.1, 0.15) is 0 Å². The first kappa shape index (κ1) is 25.5. The minimum atomic E-state index is -0.668. The van der Waals surface area contributed by atoms with Gasteiger partial charge in [0.15, 0.2) is 0 Å². The van der Waals surface area contributed by atoms with Gasteiger partial charge in [0.05, 0.1) is 5.41 Å². The highest BCUT2D eigenvalue weighted by Gasteiger charge is 2.47. The molecule has 2 nitrogen and oxygen atoms in total. The maximum Gasteiger partial charge on any atom is 0.309 e. The van der Waals surface area contributed by atoms with Gasteiger partial charge in [-0.2, -0.15) is 0 Å². The van der Waals surface area contributed by atoms with Crippen molar-refractivity contribution in [3.8, 4) is 0 Å². The van der Waals surface area contributed by atoms with E-state index in [-0.39, 0.29) is 5.41 Å². The van der Waals surface area contributed by atoms with Crippen molar-refractivity contribution >= 4 is 5.97 Å². The number of carbonyl (C=O) groups is 1. The molecule has 26 heavy (non-hydrogen) atoms. The predicted octanol–water partition coefficient (Wildman–Crippen LogP) is 8.24. The fourth-order valence-electron chi connectivity index (χ4n) is 4.08. The van der Waals surface area contributed by atoms with Gasteiger partial charge in [0.2, 0.25) is 0 Å². The lowest BCUT2D eigenvalue weighted by Gasteiger charge is -2.45. The summed E-state index contributed by atoms with van der Waals surface area (Å²) in [5, 5.41) is 9.63. The van der Waals surface area contributed by atoms with Gasteiger partial charge in [0.25, 0.3) is 0 Å². The average molecular weight is 369 g/mol. The van der Waals surface area contributed by atoms with Crippen molar-refractivity contribution in [1.29, 1.82) is 0 Å². The Bertz CT molecular complexity index is 359. The van der Waals surface area contributed by atoms with Crippen molar-refractivity contribution in [2.75, 3.05) is 0 Å². The van der Waals surface area contributed by atoms with Crippen LogP contribution in [0.15, 0.2) is 0 Å². The summed E-state index contributed by atoms with van der Waals surface area (Å²) in [6.07, 6.45) is 18.7. The molecule has 156 valence electrons. The van der Waals surface area contributed by atoms with Gasteiger partial charge >= 0.3 is 5.97 Å². The summed E-state index contributed by atoms with van der Waals surface area (Å²) in [4.78, 5) is 11.7. The van der Waals surface area contributed by atoms with E-state index in [0.29, 0.717) is 5.92 Å². The van der Waals surface area contributed by atoms with Gasteiger partial charge in [-0.25, -0.2) is 0 Å². The average Bonchev–Trinajstić information content (AvgIpc) is 2.58. The van der Waals surface area contributed by atoms with Gasteiger partial charge in [-0.1, -0.05) is 111 Å². The summed E-state index contributed by atoms with van der Waals surface area (Å²) < 4.78 is 0. The second-order valence-corrected chi connectivity index (χ2v) is 9.49. The molecule has 0 radical (unpaired) electrons. The van der Waals surface area contributed by atoms with Crippen LogP contribution in [0.5, 0.6) is 0 Å². The van der Waals surface area contributed by atoms with Gasteiger partial charge in [0, 0.05) is 0 Å². The summed E-state index contributed by atoms with van der Waals surface area (Å²) in [6, 6.07) is 0. The Kier molecular flexibility index (Phi) is 13.3. The summed E-state index contributed by atoms with van der Waals surface area (Å²) in [5.74, 6) is -0.283. The van der Waals surface area contributed by atoms with E-state index in [1.807, 2.05) is 13.8 Å². The lowest BCUT2D eigenvalue weighted by atomic mass is 9.58. The maximum atomic E-state index is 11.7. The van der Waals surface area contributed by atoms with E-state index in [2.05, 4.69) is 27.7 Å². The smallest absolute Gasteiger partial charge is 0.309 e. The van der Waals surface area contributed by atoms with Crippen LogP contribution in [0.2, 0.25) is 0 Å². The van der Waals surface area contributed by atoms with Crippen LogP contribution in [-0.2, 0) is 4.79 Å². The zero-order chi connectivity index (χ0) is 20.1. The topological polar surface area (TPSA) is 37.3 Å². The molecule has 0 aromatic carbocycles. The highest BCUT2D eigenvalue weighted by Crippen LogP contribution is 2.48. The fraction of sp³-hybridized carbons (Fsp3) is 0.958. The lowest BCUT2D eigenvalue weighted by molar-refractivity contribution is -0.157. The molecule has 0 amide bonds. The van der Waals surface area contributed by atoms with E-state index in [4.69, 9.17) is 0 Å². The molecule has 0 rings (SSSR count). The molecule has 0 spiro atoms. The zero-order valence-corrected chi connectivity index (χ0v) is 18.8. The minimum Gasteiger partial charge on any atom is -0.481 e. The Morgan fingerprint density at radius 1 is 0.731 bits per heavy atom. The van der Waals surface area contributed by atoms with Crippen molar-refractivity contribution in [2.45, 2.75) is 131 Å². The molecule has 1 N–H and O–H groups in total. The fourth-order valence-corrected chi connectivity index (χ4v) is 4.08. The SMILES string of the molecule is CCCCCCCCCCCCCCCC(C)(C(C)C)C(C)(C)C(=O)O. The van der Waals surface area contributed by atoms with Gasteiger partial charge in [-0.05, 0) is 31.6 Å². The number of carboxylic acids is 1. The largest absolute Gasteiger partial charge is 0.481 e. The van der Waals surface area contributed by atoms with Crippen LogP contribution in [0.25, 0.3) is 0 Å². The molecule has 0 aliphatic rings. The summed E-state index contributed by atoms with van der Waals surface area (Å²) >= 11 is 0. The van der Waals surface area contributed by atoms with Crippen LogP contribution < -0.4 is 0 Å². The second-order valence-electron chi connectivity index (χ2n) is 9.49. The Morgan fingerprint density at radius 3 is 1.38 bits per heavy atom. The maximum absolute atomic E-state index is 11.7. The molecular formula is C24H48O2. The molecule has 0 saturated carbocycles. The molecule has 0 saturated heterocycles. The Labute approximate surface area is 164 Å². The zero-order valence-electron chi connectivity index (χ0n) is 18.8. The van der Waals surface area contributed by atoms with E-state index in [1.54, 1.807) is 0 Å². The van der Waals surface area contributed by atoms with Crippen molar-refractivity contribution in [3.63, 3.8) is 0 Å². The van der Waals surface area contributed by atoms with Gasteiger partial charge in [-0.15, -0.1) is 0 Å². The highest BCUT2D eigenvalue weighted by molar-refractivity contribution is 5.74. The monoisotopic (exact) mass is 368 g/mol. The molecule has 0 aromatic rings. The molecule has 0 bridgehead atoms. The van der Waals surface area contributed by atoms with Crippen LogP contribution in [0, 0.1) is 16.7 Å². The molecule has 1 atom stereocenters. The van der Waals surface area contributed by atoms with Crippen molar-refractivity contribution in [3.05, 3.63) is 0 Å². The first-order valence-corrected chi connectivity index (χ1v) is 11.4. The van der Waals surface area contributed by atoms with Crippen molar-refractivity contribution < 1.29 is 9.90 Å². The van der Waals surface area contributed by atoms with Crippen LogP contribution in [0.4, 0.5) is 0 Å². The van der Waals surface area contributed by atoms with E-state index in [1.165, 1.54) is 77.0 Å². The number of hydrogen-bond acceptors (Lipinski definition) is 1. The van der Waals surface area contributed by atoms with E-state index >= 15 is 0 Å². The number of aliphatic carboxylic acids is 1. The van der Waals surface area contributed by atoms with E-state index < -0.39 is 11.4 Å². The summed E-state index contributed by atoms with van der Waals surface area (Å²) in [5.41, 5.74) is -0.811. The predicted molar refractivity (Wildman–Crippen MR) is 115 cm³/mol. The standard InChI is InChI=1S/C24H48O2/c1-7-8-9-10-11-12-13-14-15-16-17-18-19-20-24(6,21(2)3)23(4,5)22(25)26/h21H,7-20H2,1-6H3,(H,25,26). The van der Waals surface area contributed by atoms with E-state index in [0.717, 1.165) is 12.8 Å². The second kappa shape index (κ2) is 13.6. The first-order valence-electron chi connectivity index (χ1n) is 11.4. The van der Waals surface area contributed by atoms with Crippen LogP contribution >= 0.6 is 0 Å². The minimum absolute atomic E-state index is 0.142. The Hall–Kier alpha value is -0.530. The molecule has 0 aliphatic heterocycles. The molecule has 0 aromatic heterocycles. The number of carboxylic acid groups (broad SMARTS) is 1. The number of rotatable bonds is 17. The van der Waals surface area contributed by atoms with Crippen LogP contribution in [0.3, 0.4) is 0 Å². The molecule has 1 unspecified atom stereocenters. The third-order valence-corrected chi connectivity index (χ3v) is 7.04. The summed E-state index contributed by atoms with van der Waals surface area (Å²) in [7, 11) is 0. The third kappa shape index (κ3) is 8.91. The quantitative estimate of drug-likeness (QED) is 0.262. The number of unbranched alkanes of at least 4 members (excludes halogenated alkanes) is 12. The van der Waals surface area contributed by atoms with Crippen molar-refractivity contribution in [2.24, 2.45) is 16.7 Å². The molecule has 0 heterocycles. The normalized spacial score (nSPS) is 14.6. The first-order chi connectivity index (χ1) is 12.2. The Morgan fingerprint density at radius 2 is 1.08 bits per heavy atom. The van der Waals surface area contributed by atoms with Crippen LogP contribution in [0.1, 0.15) is 131 Å². The lowest BCUT2D eigenvalue weighted by Crippen LogP contribution is -2.45.